The van der Waals surface area contributed by atoms with E-state index >= 15 is 0 Å². The lowest BCUT2D eigenvalue weighted by Crippen LogP contribution is -2.44. The highest BCUT2D eigenvalue weighted by Crippen LogP contribution is 2.36. The quantitative estimate of drug-likeness (QED) is 0.652. The molecule has 1 saturated heterocycles. The summed E-state index contributed by atoms with van der Waals surface area (Å²) in [6.07, 6.45) is -0.108. The van der Waals surface area contributed by atoms with Crippen LogP contribution < -0.4 is 5.32 Å². The number of piperidine rings is 1. The monoisotopic (exact) mass is 444 g/mol. The minimum absolute atomic E-state index is 0.00796. The van der Waals surface area contributed by atoms with Crippen LogP contribution in [0.2, 0.25) is 5.02 Å². The van der Waals surface area contributed by atoms with Crippen LogP contribution in [0.4, 0.5) is 14.0 Å². The van der Waals surface area contributed by atoms with Gasteiger partial charge in [0.15, 0.2) is 0 Å². The summed E-state index contributed by atoms with van der Waals surface area (Å²) in [4.78, 5) is 25.4. The molecule has 2 rings (SSSR count). The van der Waals surface area contributed by atoms with Crippen molar-refractivity contribution in [2.24, 2.45) is 5.92 Å². The summed E-state index contributed by atoms with van der Waals surface area (Å²) in [5, 5.41) is 2.54. The number of halogens is 2. The van der Waals surface area contributed by atoms with Crippen LogP contribution in [0.25, 0.3) is 0 Å². The van der Waals surface area contributed by atoms with Crippen molar-refractivity contribution >= 4 is 23.8 Å². The molecule has 9 heteroatoms. The van der Waals surface area contributed by atoms with E-state index < -0.39 is 29.7 Å². The first-order chi connectivity index (χ1) is 14.1. The molecule has 1 aromatic rings. The molecule has 168 valence electrons. The van der Waals surface area contributed by atoms with Gasteiger partial charge in [0.1, 0.15) is 11.4 Å². The number of nitrogens with zero attached hydrogens (tertiary/aromatic N) is 1. The summed E-state index contributed by atoms with van der Waals surface area (Å²) in [6.45, 7) is 6.73. The lowest BCUT2D eigenvalue weighted by Gasteiger charge is -2.37. The highest BCUT2D eigenvalue weighted by Gasteiger charge is 2.34. The molecule has 1 aliphatic rings. The van der Waals surface area contributed by atoms with Crippen molar-refractivity contribution in [3.63, 3.8) is 0 Å². The molecule has 0 aromatic heterocycles. The van der Waals surface area contributed by atoms with E-state index in [2.05, 4.69) is 10.1 Å². The molecule has 1 aromatic carbocycles. The maximum Gasteiger partial charge on any atom is 0.410 e. The number of nitrogens with one attached hydrogen (secondary N) is 1. The standard InChI is InChI=1S/C21H30ClFN2O5/c1-21(2,3)30-20(27)25-11-6-7-14(13-25)18(29-12-10-24-19(26)28-4)15-8-5-9-16(22)17(15)23/h5,8-9,14,18H,6-7,10-13H2,1-4H3,(H,24,26). The number of ether oxygens (including phenoxy) is 3. The summed E-state index contributed by atoms with van der Waals surface area (Å²) in [7, 11) is 1.27. The fourth-order valence-electron chi connectivity index (χ4n) is 3.38. The largest absolute Gasteiger partial charge is 0.453 e. The number of rotatable bonds is 6. The Morgan fingerprint density at radius 3 is 2.77 bits per heavy atom. The van der Waals surface area contributed by atoms with Crippen molar-refractivity contribution in [2.75, 3.05) is 33.4 Å². The number of likely N-dealkylation sites (tertiary alicyclic amines) is 1. The number of alkyl carbamates (subject to hydrolysis) is 1. The number of carbonyl (C=O) groups excluding carboxylic acids is 2. The van der Waals surface area contributed by atoms with Gasteiger partial charge in [0.2, 0.25) is 0 Å². The van der Waals surface area contributed by atoms with E-state index in [1.54, 1.807) is 17.0 Å². The van der Waals surface area contributed by atoms with Crippen molar-refractivity contribution in [2.45, 2.75) is 45.3 Å². The third-order valence-electron chi connectivity index (χ3n) is 4.68. The summed E-state index contributed by atoms with van der Waals surface area (Å²) in [5.41, 5.74) is -0.268. The van der Waals surface area contributed by atoms with E-state index in [1.165, 1.54) is 13.2 Å². The van der Waals surface area contributed by atoms with E-state index in [4.69, 9.17) is 21.1 Å². The molecule has 1 N–H and O–H groups in total. The van der Waals surface area contributed by atoms with Crippen LogP contribution in [0.1, 0.15) is 45.3 Å². The van der Waals surface area contributed by atoms with Crippen LogP contribution in [0.5, 0.6) is 0 Å². The Morgan fingerprint density at radius 2 is 2.10 bits per heavy atom. The third-order valence-corrected chi connectivity index (χ3v) is 4.97. The minimum atomic E-state index is -0.631. The molecule has 0 spiro atoms. The van der Waals surface area contributed by atoms with Crippen molar-refractivity contribution < 1.29 is 28.2 Å². The van der Waals surface area contributed by atoms with Crippen molar-refractivity contribution in [3.8, 4) is 0 Å². The first-order valence-corrected chi connectivity index (χ1v) is 10.4. The number of benzene rings is 1. The minimum Gasteiger partial charge on any atom is -0.453 e. The molecule has 0 aliphatic carbocycles. The van der Waals surface area contributed by atoms with E-state index in [9.17, 15) is 14.0 Å². The second-order valence-electron chi connectivity index (χ2n) is 8.18. The molecule has 0 saturated carbocycles. The third kappa shape index (κ3) is 7.02. The molecule has 0 radical (unpaired) electrons. The summed E-state index contributed by atoms with van der Waals surface area (Å²) >= 11 is 5.98. The smallest absolute Gasteiger partial charge is 0.410 e. The Kier molecular flexibility index (Phi) is 8.73. The van der Waals surface area contributed by atoms with E-state index in [-0.39, 0.29) is 24.1 Å². The molecule has 0 bridgehead atoms. The van der Waals surface area contributed by atoms with Gasteiger partial charge in [-0.1, -0.05) is 23.7 Å². The van der Waals surface area contributed by atoms with Gasteiger partial charge in [-0.05, 0) is 39.7 Å². The molecular weight excluding hydrogens is 415 g/mol. The zero-order chi connectivity index (χ0) is 22.3. The predicted octanol–water partition coefficient (Wildman–Crippen LogP) is 4.54. The number of methoxy groups -OCH3 is 1. The fourth-order valence-corrected chi connectivity index (χ4v) is 3.56. The maximum absolute atomic E-state index is 14.8. The van der Waals surface area contributed by atoms with Crippen LogP contribution in [-0.2, 0) is 14.2 Å². The second-order valence-corrected chi connectivity index (χ2v) is 8.59. The van der Waals surface area contributed by atoms with Crippen LogP contribution in [0.3, 0.4) is 0 Å². The Labute approximate surface area is 181 Å². The van der Waals surface area contributed by atoms with Gasteiger partial charge < -0.3 is 24.4 Å². The van der Waals surface area contributed by atoms with Crippen LogP contribution in [0.15, 0.2) is 18.2 Å². The van der Waals surface area contributed by atoms with Crippen molar-refractivity contribution in [3.05, 3.63) is 34.6 Å². The van der Waals surface area contributed by atoms with Gasteiger partial charge in [-0.2, -0.15) is 0 Å². The number of hydrogen-bond acceptors (Lipinski definition) is 5. The maximum atomic E-state index is 14.8. The van der Waals surface area contributed by atoms with Crippen LogP contribution >= 0.6 is 11.6 Å². The molecule has 30 heavy (non-hydrogen) atoms. The van der Waals surface area contributed by atoms with E-state index in [0.29, 0.717) is 18.7 Å². The Bertz CT molecular complexity index is 741. The average Bonchev–Trinajstić information content (AvgIpc) is 2.69. The van der Waals surface area contributed by atoms with Crippen molar-refractivity contribution in [1.29, 1.82) is 0 Å². The summed E-state index contributed by atoms with van der Waals surface area (Å²) in [6, 6.07) is 4.77. The van der Waals surface area contributed by atoms with Gasteiger partial charge in [-0.25, -0.2) is 14.0 Å². The zero-order valence-electron chi connectivity index (χ0n) is 17.9. The molecule has 1 fully saturated rings. The van der Waals surface area contributed by atoms with Gasteiger partial charge in [-0.15, -0.1) is 0 Å². The molecule has 1 aliphatic heterocycles. The molecule has 1 heterocycles. The molecule has 2 amide bonds. The average molecular weight is 445 g/mol. The van der Waals surface area contributed by atoms with Gasteiger partial charge in [0.05, 0.1) is 24.8 Å². The highest BCUT2D eigenvalue weighted by molar-refractivity contribution is 6.30. The Hall–Kier alpha value is -2.06. The SMILES string of the molecule is COC(=O)NCCOC(c1cccc(Cl)c1F)C1CCCN(C(=O)OC(C)(C)C)C1. The van der Waals surface area contributed by atoms with Gasteiger partial charge in [0, 0.05) is 31.1 Å². The van der Waals surface area contributed by atoms with Gasteiger partial charge in [-0.3, -0.25) is 0 Å². The first kappa shape index (κ1) is 24.2. The second kappa shape index (κ2) is 10.8. The number of hydrogen-bond donors (Lipinski definition) is 1. The zero-order valence-corrected chi connectivity index (χ0v) is 18.6. The topological polar surface area (TPSA) is 77.1 Å². The van der Waals surface area contributed by atoms with Crippen LogP contribution in [-0.4, -0.2) is 56.0 Å². The molecule has 2 atom stereocenters. The number of amides is 2. The Morgan fingerprint density at radius 1 is 1.37 bits per heavy atom. The summed E-state index contributed by atoms with van der Waals surface area (Å²) < 4.78 is 30.8. The van der Waals surface area contributed by atoms with Gasteiger partial charge >= 0.3 is 12.2 Å². The molecule has 7 nitrogen and oxygen atoms in total. The lowest BCUT2D eigenvalue weighted by atomic mass is 9.88. The van der Waals surface area contributed by atoms with E-state index in [0.717, 1.165) is 12.8 Å². The van der Waals surface area contributed by atoms with E-state index in [1.807, 2.05) is 20.8 Å². The normalized spacial score (nSPS) is 17.9. The number of carbonyl (C=O) groups is 2. The predicted molar refractivity (Wildman–Crippen MR) is 111 cm³/mol. The summed E-state index contributed by atoms with van der Waals surface area (Å²) in [5.74, 6) is -0.697. The Balaban J connectivity index is 2.15. The van der Waals surface area contributed by atoms with Crippen molar-refractivity contribution in [1.82, 2.24) is 10.2 Å². The molecule has 2 unspecified atom stereocenters. The van der Waals surface area contributed by atoms with Gasteiger partial charge in [0.25, 0.3) is 0 Å². The first-order valence-electron chi connectivity index (χ1n) is 9.97. The highest BCUT2D eigenvalue weighted by atomic mass is 35.5. The van der Waals surface area contributed by atoms with Crippen LogP contribution in [0, 0.1) is 11.7 Å². The fraction of sp³-hybridized carbons (Fsp3) is 0.619. The molecular formula is C21H30ClFN2O5. The lowest BCUT2D eigenvalue weighted by molar-refractivity contribution is -0.0258.